The van der Waals surface area contributed by atoms with Crippen molar-refractivity contribution in [2.75, 3.05) is 0 Å². The van der Waals surface area contributed by atoms with Gasteiger partial charge in [0.05, 0.1) is 0 Å². The van der Waals surface area contributed by atoms with E-state index in [1.807, 2.05) is 0 Å². The molecule has 2 heteroatoms. The van der Waals surface area contributed by atoms with Crippen LogP contribution in [0.4, 0.5) is 0 Å². The lowest BCUT2D eigenvalue weighted by Gasteiger charge is -2.33. The van der Waals surface area contributed by atoms with E-state index in [1.54, 1.807) is 0 Å². The summed E-state index contributed by atoms with van der Waals surface area (Å²) in [5, 5.41) is 5.12. The normalized spacial score (nSPS) is 14.7. The number of rotatable bonds is 3. The van der Waals surface area contributed by atoms with Gasteiger partial charge in [0.2, 0.25) is 0 Å². The Bertz CT molecular complexity index is 551. The summed E-state index contributed by atoms with van der Waals surface area (Å²) in [5.41, 5.74) is 3.00. The van der Waals surface area contributed by atoms with E-state index in [4.69, 9.17) is 0 Å². The summed E-state index contributed by atoms with van der Waals surface area (Å²) in [7, 11) is 0. The molecule has 2 rings (SSSR count). The minimum absolute atomic E-state index is 0.105. The fourth-order valence-electron chi connectivity index (χ4n) is 2.76. The molecule has 0 spiro atoms. The third-order valence-corrected chi connectivity index (χ3v) is 3.42. The van der Waals surface area contributed by atoms with Crippen LogP contribution in [0, 0.1) is 5.41 Å². The van der Waals surface area contributed by atoms with Gasteiger partial charge < -0.3 is 10.3 Å². The zero-order valence-corrected chi connectivity index (χ0v) is 13.7. The molecule has 1 aromatic carbocycles. The van der Waals surface area contributed by atoms with Gasteiger partial charge in [-0.2, -0.15) is 0 Å². The van der Waals surface area contributed by atoms with Crippen molar-refractivity contribution in [2.45, 2.75) is 59.5 Å². The van der Waals surface area contributed by atoms with Crippen molar-refractivity contribution >= 4 is 10.9 Å². The fourth-order valence-corrected chi connectivity index (χ4v) is 2.76. The van der Waals surface area contributed by atoms with E-state index in [-0.39, 0.29) is 5.54 Å². The Morgan fingerprint density at radius 2 is 1.70 bits per heavy atom. The SMILES string of the molecule is CC(C)(C)CC(NC(C)(C)C)c1c[nH]c2ccccc12. The molecule has 2 N–H and O–H groups in total. The molecule has 0 aliphatic carbocycles. The molecular formula is C18H28N2. The van der Waals surface area contributed by atoms with Gasteiger partial charge in [-0.15, -0.1) is 0 Å². The minimum atomic E-state index is 0.105. The zero-order valence-electron chi connectivity index (χ0n) is 13.7. The summed E-state index contributed by atoms with van der Waals surface area (Å²) < 4.78 is 0. The van der Waals surface area contributed by atoms with Crippen molar-refractivity contribution in [2.24, 2.45) is 5.41 Å². The van der Waals surface area contributed by atoms with E-state index in [0.29, 0.717) is 11.5 Å². The van der Waals surface area contributed by atoms with Crippen LogP contribution in [0.2, 0.25) is 0 Å². The van der Waals surface area contributed by atoms with Crippen molar-refractivity contribution in [3.8, 4) is 0 Å². The Labute approximate surface area is 123 Å². The number of fused-ring (bicyclic) bond motifs is 1. The molecule has 1 aromatic heterocycles. The fraction of sp³-hybridized carbons (Fsp3) is 0.556. The predicted molar refractivity (Wildman–Crippen MR) is 88.0 cm³/mol. The average Bonchev–Trinajstić information content (AvgIpc) is 2.67. The molecule has 0 saturated heterocycles. The second-order valence-corrected chi connectivity index (χ2v) is 8.00. The summed E-state index contributed by atoms with van der Waals surface area (Å²) in [6.07, 6.45) is 3.28. The van der Waals surface area contributed by atoms with Crippen molar-refractivity contribution in [3.63, 3.8) is 0 Å². The Morgan fingerprint density at radius 3 is 2.30 bits per heavy atom. The van der Waals surface area contributed by atoms with Gasteiger partial charge in [-0.05, 0) is 44.2 Å². The molecule has 0 aliphatic rings. The van der Waals surface area contributed by atoms with Crippen LogP contribution in [0.3, 0.4) is 0 Å². The maximum atomic E-state index is 3.79. The molecule has 0 amide bonds. The lowest BCUT2D eigenvalue weighted by molar-refractivity contribution is 0.268. The third-order valence-electron chi connectivity index (χ3n) is 3.42. The van der Waals surface area contributed by atoms with Crippen LogP contribution in [-0.2, 0) is 0 Å². The number of hydrogen-bond acceptors (Lipinski definition) is 1. The topological polar surface area (TPSA) is 27.8 Å². The molecule has 2 nitrogen and oxygen atoms in total. The predicted octanol–water partition coefficient (Wildman–Crippen LogP) is 5.03. The first-order chi connectivity index (χ1) is 9.16. The van der Waals surface area contributed by atoms with Crippen LogP contribution in [0.5, 0.6) is 0 Å². The van der Waals surface area contributed by atoms with Gasteiger partial charge in [-0.3, -0.25) is 0 Å². The molecule has 1 atom stereocenters. The number of H-pyrrole nitrogens is 1. The number of nitrogens with one attached hydrogen (secondary N) is 2. The summed E-state index contributed by atoms with van der Waals surface area (Å²) in [6, 6.07) is 8.92. The van der Waals surface area contributed by atoms with Gasteiger partial charge in [-0.25, -0.2) is 0 Å². The van der Waals surface area contributed by atoms with Crippen LogP contribution in [0.1, 0.15) is 59.6 Å². The number of hydrogen-bond donors (Lipinski definition) is 2. The van der Waals surface area contributed by atoms with Gasteiger partial charge in [0.1, 0.15) is 0 Å². The summed E-state index contributed by atoms with van der Waals surface area (Å²) in [5.74, 6) is 0. The lowest BCUT2D eigenvalue weighted by atomic mass is 9.84. The van der Waals surface area contributed by atoms with Crippen LogP contribution in [-0.4, -0.2) is 10.5 Å². The van der Waals surface area contributed by atoms with Crippen molar-refractivity contribution < 1.29 is 0 Å². The smallest absolute Gasteiger partial charge is 0.0457 e. The summed E-state index contributed by atoms with van der Waals surface area (Å²) in [6.45, 7) is 13.6. The second kappa shape index (κ2) is 5.25. The van der Waals surface area contributed by atoms with E-state index in [2.05, 4.69) is 82.3 Å². The monoisotopic (exact) mass is 272 g/mol. The first kappa shape index (κ1) is 15.1. The van der Waals surface area contributed by atoms with Crippen molar-refractivity contribution in [1.29, 1.82) is 0 Å². The van der Waals surface area contributed by atoms with Crippen molar-refractivity contribution in [1.82, 2.24) is 10.3 Å². The van der Waals surface area contributed by atoms with E-state index in [0.717, 1.165) is 6.42 Å². The highest BCUT2D eigenvalue weighted by Crippen LogP contribution is 2.34. The zero-order chi connectivity index (χ0) is 15.0. The average molecular weight is 272 g/mol. The number of aromatic amines is 1. The largest absolute Gasteiger partial charge is 0.361 e. The van der Waals surface area contributed by atoms with Crippen LogP contribution < -0.4 is 5.32 Å². The van der Waals surface area contributed by atoms with Gasteiger partial charge in [-0.1, -0.05) is 39.0 Å². The molecule has 110 valence electrons. The van der Waals surface area contributed by atoms with Crippen molar-refractivity contribution in [3.05, 3.63) is 36.0 Å². The summed E-state index contributed by atoms with van der Waals surface area (Å²) >= 11 is 0. The van der Waals surface area contributed by atoms with Crippen LogP contribution in [0.25, 0.3) is 10.9 Å². The van der Waals surface area contributed by atoms with Gasteiger partial charge >= 0.3 is 0 Å². The standard InChI is InChI=1S/C18H28N2/c1-17(2,3)11-16(20-18(4,5)6)14-12-19-15-10-8-7-9-13(14)15/h7-10,12,16,19-20H,11H2,1-6H3. The first-order valence-corrected chi connectivity index (χ1v) is 7.49. The number of aromatic nitrogens is 1. The van der Waals surface area contributed by atoms with Gasteiger partial charge in [0.25, 0.3) is 0 Å². The Hall–Kier alpha value is -1.28. The molecule has 2 aromatic rings. The Balaban J connectivity index is 2.39. The van der Waals surface area contributed by atoms with Crippen LogP contribution >= 0.6 is 0 Å². The highest BCUT2D eigenvalue weighted by Gasteiger charge is 2.25. The highest BCUT2D eigenvalue weighted by molar-refractivity contribution is 5.83. The molecule has 20 heavy (non-hydrogen) atoms. The van der Waals surface area contributed by atoms with E-state index in [9.17, 15) is 0 Å². The van der Waals surface area contributed by atoms with Crippen LogP contribution in [0.15, 0.2) is 30.5 Å². The quantitative estimate of drug-likeness (QED) is 0.805. The Morgan fingerprint density at radius 1 is 1.05 bits per heavy atom. The first-order valence-electron chi connectivity index (χ1n) is 7.49. The van der Waals surface area contributed by atoms with E-state index in [1.165, 1.54) is 16.5 Å². The number of para-hydroxylation sites is 1. The molecule has 0 radical (unpaired) electrons. The van der Waals surface area contributed by atoms with Gasteiger partial charge in [0, 0.05) is 28.7 Å². The maximum absolute atomic E-state index is 3.79. The Kier molecular flexibility index (Phi) is 3.97. The second-order valence-electron chi connectivity index (χ2n) is 8.00. The summed E-state index contributed by atoms with van der Waals surface area (Å²) in [4.78, 5) is 3.40. The molecule has 0 saturated carbocycles. The minimum Gasteiger partial charge on any atom is -0.361 e. The molecule has 0 bridgehead atoms. The number of benzene rings is 1. The van der Waals surface area contributed by atoms with E-state index >= 15 is 0 Å². The molecule has 1 unspecified atom stereocenters. The lowest BCUT2D eigenvalue weighted by Crippen LogP contribution is -2.40. The van der Waals surface area contributed by atoms with E-state index < -0.39 is 0 Å². The third kappa shape index (κ3) is 3.86. The molecular weight excluding hydrogens is 244 g/mol. The van der Waals surface area contributed by atoms with Gasteiger partial charge in [0.15, 0.2) is 0 Å². The molecule has 0 aliphatic heterocycles. The maximum Gasteiger partial charge on any atom is 0.0457 e. The molecule has 0 fully saturated rings. The molecule has 1 heterocycles. The highest BCUT2D eigenvalue weighted by atomic mass is 15.0.